The summed E-state index contributed by atoms with van der Waals surface area (Å²) in [5.41, 5.74) is 5.57. The van der Waals surface area contributed by atoms with Gasteiger partial charge in [0, 0.05) is 0 Å². The second kappa shape index (κ2) is 9.67. The average molecular weight is 378 g/mol. The molecule has 0 saturated heterocycles. The molecule has 1 aromatic carbocycles. The van der Waals surface area contributed by atoms with E-state index < -0.39 is 17.7 Å². The molecule has 0 aliphatic carbocycles. The zero-order chi connectivity index (χ0) is 19.6. The largest absolute Gasteiger partial charge is 0.463 e. The van der Waals surface area contributed by atoms with Crippen molar-refractivity contribution in [2.24, 2.45) is 16.1 Å². The number of hydrazone groups is 2. The van der Waals surface area contributed by atoms with Gasteiger partial charge in [-0.05, 0) is 36.2 Å². The minimum absolute atomic E-state index is 0.199. The SMILES string of the molecule is O=C(NN=Cc1ccco1)C(Cc1ccccc1)C(=O)NN=Cc1ccco1. The first kappa shape index (κ1) is 18.8. The second-order valence-electron chi connectivity index (χ2n) is 5.74. The summed E-state index contributed by atoms with van der Waals surface area (Å²) in [5.74, 6) is -1.18. The van der Waals surface area contributed by atoms with Crippen molar-refractivity contribution in [1.82, 2.24) is 10.9 Å². The number of benzene rings is 1. The number of rotatable bonds is 8. The third-order valence-corrected chi connectivity index (χ3v) is 3.74. The molecular weight excluding hydrogens is 360 g/mol. The molecule has 2 heterocycles. The Kier molecular flexibility index (Phi) is 6.51. The van der Waals surface area contributed by atoms with Crippen LogP contribution >= 0.6 is 0 Å². The molecule has 0 bridgehead atoms. The zero-order valence-corrected chi connectivity index (χ0v) is 14.8. The van der Waals surface area contributed by atoms with Crippen LogP contribution in [0.4, 0.5) is 0 Å². The lowest BCUT2D eigenvalue weighted by atomic mass is 9.98. The smallest absolute Gasteiger partial charge is 0.253 e. The first-order valence-corrected chi connectivity index (χ1v) is 8.49. The summed E-state index contributed by atoms with van der Waals surface area (Å²) in [6.45, 7) is 0. The van der Waals surface area contributed by atoms with Gasteiger partial charge in [-0.25, -0.2) is 10.9 Å². The standard InChI is InChI=1S/C20H18N4O4/c25-19(23-21-13-16-8-4-10-27-16)18(12-15-6-2-1-3-7-15)20(26)24-22-14-17-9-5-11-28-17/h1-11,13-14,18H,12H2,(H,23,25)(H,24,26). The van der Waals surface area contributed by atoms with E-state index in [0.29, 0.717) is 11.5 Å². The quantitative estimate of drug-likeness (QED) is 0.356. The molecule has 8 nitrogen and oxygen atoms in total. The number of hydrogen-bond donors (Lipinski definition) is 2. The molecule has 3 rings (SSSR count). The second-order valence-corrected chi connectivity index (χ2v) is 5.74. The van der Waals surface area contributed by atoms with Crippen molar-refractivity contribution in [3.8, 4) is 0 Å². The highest BCUT2D eigenvalue weighted by atomic mass is 16.3. The molecule has 142 valence electrons. The van der Waals surface area contributed by atoms with Crippen molar-refractivity contribution < 1.29 is 18.4 Å². The van der Waals surface area contributed by atoms with Crippen LogP contribution in [0.15, 0.2) is 86.2 Å². The van der Waals surface area contributed by atoms with Gasteiger partial charge in [0.2, 0.25) is 0 Å². The fourth-order valence-corrected chi connectivity index (χ4v) is 2.36. The number of nitrogens with zero attached hydrogens (tertiary/aromatic N) is 2. The minimum Gasteiger partial charge on any atom is -0.463 e. The maximum Gasteiger partial charge on any atom is 0.253 e. The van der Waals surface area contributed by atoms with E-state index in [1.807, 2.05) is 30.3 Å². The molecule has 0 radical (unpaired) electrons. The van der Waals surface area contributed by atoms with Gasteiger partial charge in [-0.2, -0.15) is 10.2 Å². The number of amides is 2. The molecule has 3 aromatic rings. The molecule has 0 saturated carbocycles. The van der Waals surface area contributed by atoms with Crippen molar-refractivity contribution in [1.29, 1.82) is 0 Å². The summed E-state index contributed by atoms with van der Waals surface area (Å²) in [6.07, 6.45) is 5.89. The van der Waals surface area contributed by atoms with E-state index in [9.17, 15) is 9.59 Å². The topological polar surface area (TPSA) is 109 Å². The molecule has 8 heteroatoms. The number of furan rings is 2. The van der Waals surface area contributed by atoms with Crippen LogP contribution in [0, 0.1) is 5.92 Å². The predicted octanol–water partition coefficient (Wildman–Crippen LogP) is 2.33. The number of nitrogens with one attached hydrogen (secondary N) is 2. The van der Waals surface area contributed by atoms with Crippen molar-refractivity contribution in [2.75, 3.05) is 0 Å². The van der Waals surface area contributed by atoms with Gasteiger partial charge in [0.15, 0.2) is 0 Å². The molecule has 0 unspecified atom stereocenters. The third kappa shape index (κ3) is 5.53. The predicted molar refractivity (Wildman–Crippen MR) is 103 cm³/mol. The van der Waals surface area contributed by atoms with Crippen LogP contribution in [0.3, 0.4) is 0 Å². The molecule has 0 fully saturated rings. The Morgan fingerprint density at radius 3 is 1.82 bits per heavy atom. The normalized spacial score (nSPS) is 12.3. The van der Waals surface area contributed by atoms with Crippen molar-refractivity contribution in [3.05, 3.63) is 84.2 Å². The van der Waals surface area contributed by atoms with Gasteiger partial charge in [0.1, 0.15) is 17.4 Å². The van der Waals surface area contributed by atoms with Crippen LogP contribution in [-0.2, 0) is 16.0 Å². The summed E-state index contributed by atoms with van der Waals surface area (Å²) in [5, 5.41) is 7.66. The van der Waals surface area contributed by atoms with Gasteiger partial charge in [-0.3, -0.25) is 9.59 Å². The Labute approximate surface area is 160 Å². The molecule has 2 aromatic heterocycles. The van der Waals surface area contributed by atoms with Crippen molar-refractivity contribution >= 4 is 24.2 Å². The highest BCUT2D eigenvalue weighted by Crippen LogP contribution is 2.10. The van der Waals surface area contributed by atoms with E-state index in [2.05, 4.69) is 21.1 Å². The molecule has 0 aliphatic heterocycles. The summed E-state index contributed by atoms with van der Waals surface area (Å²) >= 11 is 0. The zero-order valence-electron chi connectivity index (χ0n) is 14.8. The Morgan fingerprint density at radius 2 is 1.36 bits per heavy atom. The van der Waals surface area contributed by atoms with Crippen LogP contribution in [-0.4, -0.2) is 24.2 Å². The summed E-state index contributed by atoms with van der Waals surface area (Å²) in [4.78, 5) is 25.0. The lowest BCUT2D eigenvalue weighted by Gasteiger charge is -2.13. The van der Waals surface area contributed by atoms with Gasteiger partial charge < -0.3 is 8.83 Å². The van der Waals surface area contributed by atoms with E-state index in [1.54, 1.807) is 24.3 Å². The Bertz CT molecular complexity index is 874. The van der Waals surface area contributed by atoms with Gasteiger partial charge in [-0.15, -0.1) is 0 Å². The van der Waals surface area contributed by atoms with Crippen LogP contribution in [0.2, 0.25) is 0 Å². The Balaban J connectivity index is 1.66. The van der Waals surface area contributed by atoms with Crippen LogP contribution < -0.4 is 10.9 Å². The first-order chi connectivity index (χ1) is 13.7. The van der Waals surface area contributed by atoms with Crippen molar-refractivity contribution in [3.63, 3.8) is 0 Å². The number of carbonyl (C=O) groups excluding carboxylic acids is 2. The highest BCUT2D eigenvalue weighted by molar-refractivity contribution is 6.01. The molecule has 0 atom stereocenters. The fourth-order valence-electron chi connectivity index (χ4n) is 2.36. The molecule has 0 spiro atoms. The van der Waals surface area contributed by atoms with E-state index in [-0.39, 0.29) is 6.42 Å². The van der Waals surface area contributed by atoms with Gasteiger partial charge in [-0.1, -0.05) is 30.3 Å². The van der Waals surface area contributed by atoms with Gasteiger partial charge >= 0.3 is 0 Å². The molecule has 2 amide bonds. The average Bonchev–Trinajstić information content (AvgIpc) is 3.41. The summed E-state index contributed by atoms with van der Waals surface area (Å²) in [7, 11) is 0. The van der Waals surface area contributed by atoms with E-state index in [4.69, 9.17) is 8.83 Å². The van der Waals surface area contributed by atoms with Crippen LogP contribution in [0.25, 0.3) is 0 Å². The van der Waals surface area contributed by atoms with E-state index >= 15 is 0 Å². The molecule has 28 heavy (non-hydrogen) atoms. The van der Waals surface area contributed by atoms with Crippen LogP contribution in [0.1, 0.15) is 17.1 Å². The van der Waals surface area contributed by atoms with Crippen LogP contribution in [0.5, 0.6) is 0 Å². The summed E-state index contributed by atoms with van der Waals surface area (Å²) in [6, 6.07) is 16.0. The van der Waals surface area contributed by atoms with Gasteiger partial charge in [0.25, 0.3) is 11.8 Å². The molecule has 2 N–H and O–H groups in total. The number of hydrogen-bond acceptors (Lipinski definition) is 6. The fraction of sp³-hybridized carbons (Fsp3) is 0.100. The highest BCUT2D eigenvalue weighted by Gasteiger charge is 2.26. The Hall–Kier alpha value is -3.94. The number of carbonyl (C=O) groups is 2. The minimum atomic E-state index is -1.02. The Morgan fingerprint density at radius 1 is 0.821 bits per heavy atom. The first-order valence-electron chi connectivity index (χ1n) is 8.49. The molecule has 0 aliphatic rings. The maximum atomic E-state index is 12.5. The monoisotopic (exact) mass is 378 g/mol. The van der Waals surface area contributed by atoms with E-state index in [0.717, 1.165) is 5.56 Å². The summed E-state index contributed by atoms with van der Waals surface area (Å²) < 4.78 is 10.2. The molecular formula is C20H18N4O4. The van der Waals surface area contributed by atoms with Gasteiger partial charge in [0.05, 0.1) is 25.0 Å². The lowest BCUT2D eigenvalue weighted by Crippen LogP contribution is -2.39. The third-order valence-electron chi connectivity index (χ3n) is 3.74. The van der Waals surface area contributed by atoms with Crippen molar-refractivity contribution in [2.45, 2.75) is 6.42 Å². The maximum absolute atomic E-state index is 12.5. The van der Waals surface area contributed by atoms with E-state index in [1.165, 1.54) is 25.0 Å². The lowest BCUT2D eigenvalue weighted by molar-refractivity contribution is -0.135.